The van der Waals surface area contributed by atoms with E-state index in [1.165, 1.54) is 51.5 Å². The summed E-state index contributed by atoms with van der Waals surface area (Å²) in [5.41, 5.74) is 0. The van der Waals surface area contributed by atoms with Gasteiger partial charge in [0.2, 0.25) is 0 Å². The lowest BCUT2D eigenvalue weighted by Gasteiger charge is -2.46. The van der Waals surface area contributed by atoms with E-state index in [4.69, 9.17) is 0 Å². The van der Waals surface area contributed by atoms with Crippen LogP contribution in [-0.4, -0.2) is 16.7 Å². The van der Waals surface area contributed by atoms with Gasteiger partial charge in [-0.25, -0.2) is 0 Å². The first kappa shape index (κ1) is 10.5. The Kier molecular flexibility index (Phi) is 2.76. The molecule has 3 aliphatic rings. The number of thioether (sulfide) groups is 1. The van der Waals surface area contributed by atoms with E-state index in [1.54, 1.807) is 0 Å². The molecular weight excluding hydrogens is 202 g/mol. The normalized spacial score (nSPS) is 47.0. The van der Waals surface area contributed by atoms with E-state index in [0.717, 1.165) is 17.1 Å². The zero-order valence-corrected chi connectivity index (χ0v) is 10.6. The molecule has 3 fully saturated rings. The lowest BCUT2D eigenvalue weighted by molar-refractivity contribution is 0.232. The van der Waals surface area contributed by atoms with E-state index in [-0.39, 0.29) is 0 Å². The van der Waals surface area contributed by atoms with Crippen molar-refractivity contribution in [3.8, 4) is 0 Å². The van der Waals surface area contributed by atoms with Gasteiger partial charge in [0.1, 0.15) is 0 Å². The van der Waals surface area contributed by atoms with Crippen LogP contribution in [0.4, 0.5) is 0 Å². The zero-order valence-electron chi connectivity index (χ0n) is 9.80. The molecule has 1 heterocycles. The highest BCUT2D eigenvalue weighted by molar-refractivity contribution is 8.01. The molecule has 1 aliphatic heterocycles. The predicted octanol–water partition coefficient (Wildman–Crippen LogP) is 3.40. The smallest absolute Gasteiger partial charge is 0.0650 e. The molecule has 2 saturated carbocycles. The van der Waals surface area contributed by atoms with Crippen molar-refractivity contribution in [2.75, 3.05) is 6.54 Å². The Morgan fingerprint density at radius 1 is 1.13 bits per heavy atom. The van der Waals surface area contributed by atoms with E-state index in [2.05, 4.69) is 24.0 Å². The van der Waals surface area contributed by atoms with Crippen molar-refractivity contribution in [3.05, 3.63) is 0 Å². The Labute approximate surface area is 97.8 Å². The Morgan fingerprint density at radius 3 is 2.73 bits per heavy atom. The van der Waals surface area contributed by atoms with Crippen molar-refractivity contribution in [3.63, 3.8) is 0 Å². The zero-order chi connectivity index (χ0) is 10.3. The van der Waals surface area contributed by atoms with Crippen molar-refractivity contribution in [1.82, 2.24) is 5.32 Å². The number of nitrogens with one attached hydrogen (secondary N) is 1. The summed E-state index contributed by atoms with van der Waals surface area (Å²) in [6.45, 7) is 3.67. The Bertz CT molecular complexity index is 235. The third-order valence-corrected chi connectivity index (χ3v) is 6.07. The predicted molar refractivity (Wildman–Crippen MR) is 67.1 cm³/mol. The fourth-order valence-corrected chi connectivity index (χ4v) is 5.27. The monoisotopic (exact) mass is 225 g/mol. The minimum atomic E-state index is 0.489. The van der Waals surface area contributed by atoms with Crippen molar-refractivity contribution in [1.29, 1.82) is 0 Å². The summed E-state index contributed by atoms with van der Waals surface area (Å²) < 4.78 is 0. The van der Waals surface area contributed by atoms with Crippen LogP contribution in [0.15, 0.2) is 0 Å². The van der Waals surface area contributed by atoms with Crippen LogP contribution in [0.25, 0.3) is 0 Å². The van der Waals surface area contributed by atoms with Gasteiger partial charge in [0.05, 0.1) is 4.87 Å². The molecule has 3 atom stereocenters. The van der Waals surface area contributed by atoms with Gasteiger partial charge in [-0.3, -0.25) is 0 Å². The second kappa shape index (κ2) is 3.96. The molecule has 1 N–H and O–H groups in total. The lowest BCUT2D eigenvalue weighted by Crippen LogP contribution is -2.51. The molecule has 3 rings (SSSR count). The third-order valence-electron chi connectivity index (χ3n) is 4.46. The minimum absolute atomic E-state index is 0.489. The van der Waals surface area contributed by atoms with Crippen LogP contribution in [0.5, 0.6) is 0 Å². The lowest BCUT2D eigenvalue weighted by atomic mass is 9.82. The summed E-state index contributed by atoms with van der Waals surface area (Å²) >= 11 is 2.25. The quantitative estimate of drug-likeness (QED) is 0.734. The third kappa shape index (κ3) is 2.21. The first-order valence-corrected chi connectivity index (χ1v) is 7.58. The summed E-state index contributed by atoms with van der Waals surface area (Å²) in [7, 11) is 0. The number of hydrogen-bond acceptors (Lipinski definition) is 2. The maximum atomic E-state index is 3.84. The van der Waals surface area contributed by atoms with E-state index >= 15 is 0 Å². The summed E-state index contributed by atoms with van der Waals surface area (Å²) in [4.78, 5) is 0.489. The van der Waals surface area contributed by atoms with Crippen LogP contribution in [0.3, 0.4) is 0 Å². The van der Waals surface area contributed by atoms with Gasteiger partial charge in [0.15, 0.2) is 0 Å². The standard InChI is InChI=1S/C13H23NS/c1-10-6-8-14-13(15-10)7-2-3-12(9-13)11-4-5-11/h10-12,14H,2-9H2,1H3. The molecule has 0 aromatic heterocycles. The largest absolute Gasteiger partial charge is 0.303 e. The van der Waals surface area contributed by atoms with E-state index in [9.17, 15) is 0 Å². The van der Waals surface area contributed by atoms with Crippen LogP contribution in [0.1, 0.15) is 51.9 Å². The van der Waals surface area contributed by atoms with Gasteiger partial charge >= 0.3 is 0 Å². The first-order chi connectivity index (χ1) is 7.27. The number of rotatable bonds is 1. The van der Waals surface area contributed by atoms with E-state index in [1.807, 2.05) is 0 Å². The van der Waals surface area contributed by atoms with Gasteiger partial charge in [-0.1, -0.05) is 13.3 Å². The molecule has 0 aromatic rings. The molecule has 0 aromatic carbocycles. The first-order valence-electron chi connectivity index (χ1n) is 6.70. The maximum Gasteiger partial charge on any atom is 0.0650 e. The highest BCUT2D eigenvalue weighted by Gasteiger charge is 2.43. The second-order valence-corrected chi connectivity index (χ2v) is 7.65. The molecule has 86 valence electrons. The maximum absolute atomic E-state index is 3.84. The van der Waals surface area contributed by atoms with Crippen molar-refractivity contribution in [2.24, 2.45) is 11.8 Å². The molecule has 2 aliphatic carbocycles. The minimum Gasteiger partial charge on any atom is -0.303 e. The van der Waals surface area contributed by atoms with Gasteiger partial charge in [0.25, 0.3) is 0 Å². The average molecular weight is 225 g/mol. The summed E-state index contributed by atoms with van der Waals surface area (Å²) in [5.74, 6) is 2.17. The second-order valence-electron chi connectivity index (χ2n) is 5.83. The van der Waals surface area contributed by atoms with Gasteiger partial charge in [-0.05, 0) is 56.9 Å². The molecule has 1 nitrogen and oxygen atoms in total. The molecular formula is C13H23NS. The van der Waals surface area contributed by atoms with Crippen LogP contribution in [-0.2, 0) is 0 Å². The Balaban J connectivity index is 1.67. The fourth-order valence-electron chi connectivity index (χ4n) is 3.50. The van der Waals surface area contributed by atoms with Crippen molar-refractivity contribution >= 4 is 11.8 Å². The summed E-state index contributed by atoms with van der Waals surface area (Å²) in [5, 5.41) is 4.72. The van der Waals surface area contributed by atoms with E-state index < -0.39 is 0 Å². The van der Waals surface area contributed by atoms with Crippen LogP contribution in [0, 0.1) is 11.8 Å². The van der Waals surface area contributed by atoms with Crippen LogP contribution >= 0.6 is 11.8 Å². The van der Waals surface area contributed by atoms with Gasteiger partial charge < -0.3 is 5.32 Å². The summed E-state index contributed by atoms with van der Waals surface area (Å²) in [6.07, 6.45) is 10.3. The molecule has 2 heteroatoms. The molecule has 0 bridgehead atoms. The Morgan fingerprint density at radius 2 is 2.00 bits per heavy atom. The topological polar surface area (TPSA) is 12.0 Å². The van der Waals surface area contributed by atoms with Crippen LogP contribution < -0.4 is 5.32 Å². The average Bonchev–Trinajstić information content (AvgIpc) is 3.00. The van der Waals surface area contributed by atoms with Gasteiger partial charge in [0, 0.05) is 5.25 Å². The van der Waals surface area contributed by atoms with Gasteiger partial charge in [-0.15, -0.1) is 11.8 Å². The van der Waals surface area contributed by atoms with Crippen molar-refractivity contribution < 1.29 is 0 Å². The molecule has 0 radical (unpaired) electrons. The highest BCUT2D eigenvalue weighted by Crippen LogP contribution is 2.51. The van der Waals surface area contributed by atoms with E-state index in [0.29, 0.717) is 4.87 Å². The van der Waals surface area contributed by atoms with Gasteiger partial charge in [-0.2, -0.15) is 0 Å². The Hall–Kier alpha value is 0.310. The number of hydrogen-bond donors (Lipinski definition) is 1. The fraction of sp³-hybridized carbons (Fsp3) is 1.00. The van der Waals surface area contributed by atoms with Crippen LogP contribution in [0.2, 0.25) is 0 Å². The highest BCUT2D eigenvalue weighted by atomic mass is 32.2. The molecule has 1 saturated heterocycles. The molecule has 0 amide bonds. The van der Waals surface area contributed by atoms with Crippen molar-refractivity contribution in [2.45, 2.75) is 62.0 Å². The SMILES string of the molecule is CC1CCNC2(CCCC(C3CC3)C2)S1. The molecule has 1 spiro atoms. The molecule has 15 heavy (non-hydrogen) atoms. The summed E-state index contributed by atoms with van der Waals surface area (Å²) in [6, 6.07) is 0. The molecule has 3 unspecified atom stereocenters.